The van der Waals surface area contributed by atoms with E-state index in [1.165, 1.54) is 0 Å². The second-order valence-electron chi connectivity index (χ2n) is 4.74. The molecule has 116 valence electrons. The molecule has 3 aromatic rings. The quantitative estimate of drug-likeness (QED) is 0.716. The summed E-state index contributed by atoms with van der Waals surface area (Å²) >= 11 is 6.18. The first-order valence-electron chi connectivity index (χ1n) is 7.00. The molecule has 6 heteroatoms. The first-order valence-corrected chi connectivity index (χ1v) is 7.38. The van der Waals surface area contributed by atoms with Crippen LogP contribution < -0.4 is 15.4 Å². The Morgan fingerprint density at radius 3 is 2.52 bits per heavy atom. The van der Waals surface area contributed by atoms with Gasteiger partial charge in [-0.2, -0.15) is 4.98 Å². The minimum Gasteiger partial charge on any atom is -0.497 e. The van der Waals surface area contributed by atoms with Crippen LogP contribution in [0.25, 0.3) is 0 Å². The average molecular weight is 327 g/mol. The Morgan fingerprint density at radius 1 is 0.957 bits per heavy atom. The number of halogens is 1. The van der Waals surface area contributed by atoms with Crippen LogP contribution in [0.3, 0.4) is 0 Å². The second-order valence-corrected chi connectivity index (χ2v) is 5.15. The smallest absolute Gasteiger partial charge is 0.229 e. The van der Waals surface area contributed by atoms with Gasteiger partial charge in [0, 0.05) is 17.4 Å². The molecule has 0 amide bonds. The van der Waals surface area contributed by atoms with E-state index in [9.17, 15) is 0 Å². The average Bonchev–Trinajstić information content (AvgIpc) is 2.59. The molecule has 0 atom stereocenters. The van der Waals surface area contributed by atoms with Crippen molar-refractivity contribution in [3.63, 3.8) is 0 Å². The van der Waals surface area contributed by atoms with Crippen molar-refractivity contribution in [3.05, 3.63) is 65.8 Å². The Hall–Kier alpha value is -2.79. The van der Waals surface area contributed by atoms with Gasteiger partial charge in [0.2, 0.25) is 5.95 Å². The summed E-state index contributed by atoms with van der Waals surface area (Å²) in [7, 11) is 1.62. The molecule has 0 fully saturated rings. The maximum absolute atomic E-state index is 6.18. The monoisotopic (exact) mass is 326 g/mol. The van der Waals surface area contributed by atoms with Crippen LogP contribution in [0.4, 0.5) is 23.1 Å². The van der Waals surface area contributed by atoms with Gasteiger partial charge in [-0.05, 0) is 24.3 Å². The number of aromatic nitrogens is 2. The molecule has 5 nitrogen and oxygen atoms in total. The van der Waals surface area contributed by atoms with Crippen LogP contribution >= 0.6 is 11.6 Å². The van der Waals surface area contributed by atoms with E-state index in [1.807, 2.05) is 54.6 Å². The van der Waals surface area contributed by atoms with Crippen LogP contribution in [0.2, 0.25) is 5.02 Å². The Morgan fingerprint density at radius 2 is 1.74 bits per heavy atom. The van der Waals surface area contributed by atoms with Gasteiger partial charge < -0.3 is 15.4 Å². The summed E-state index contributed by atoms with van der Waals surface area (Å²) in [5, 5.41) is 6.74. The number of anilines is 4. The molecular weight excluding hydrogens is 312 g/mol. The zero-order valence-electron chi connectivity index (χ0n) is 12.5. The second kappa shape index (κ2) is 6.98. The summed E-state index contributed by atoms with van der Waals surface area (Å²) in [6.07, 6.45) is 1.56. The third-order valence-corrected chi connectivity index (χ3v) is 3.38. The highest BCUT2D eigenvalue weighted by Gasteiger charge is 2.07. The maximum Gasteiger partial charge on any atom is 0.229 e. The summed E-state index contributed by atoms with van der Waals surface area (Å²) in [6, 6.07) is 17.2. The highest BCUT2D eigenvalue weighted by molar-refractivity contribution is 6.32. The molecule has 0 spiro atoms. The summed E-state index contributed by atoms with van der Waals surface area (Å²) in [5.41, 5.74) is 1.73. The lowest BCUT2D eigenvalue weighted by atomic mass is 10.3. The molecule has 0 unspecified atom stereocenters. The van der Waals surface area contributed by atoms with Gasteiger partial charge in [-0.15, -0.1) is 0 Å². The van der Waals surface area contributed by atoms with Crippen LogP contribution in [0.1, 0.15) is 0 Å². The van der Waals surface area contributed by atoms with E-state index >= 15 is 0 Å². The van der Waals surface area contributed by atoms with Crippen molar-refractivity contribution < 1.29 is 4.74 Å². The zero-order chi connectivity index (χ0) is 16.1. The van der Waals surface area contributed by atoms with E-state index < -0.39 is 0 Å². The lowest BCUT2D eigenvalue weighted by molar-refractivity contribution is 0.415. The van der Waals surface area contributed by atoms with E-state index in [4.69, 9.17) is 16.3 Å². The number of ether oxygens (including phenoxy) is 1. The summed E-state index contributed by atoms with van der Waals surface area (Å²) in [4.78, 5) is 8.60. The van der Waals surface area contributed by atoms with E-state index in [0.717, 1.165) is 17.1 Å². The van der Waals surface area contributed by atoms with Crippen LogP contribution in [0.15, 0.2) is 60.8 Å². The fourth-order valence-electron chi connectivity index (χ4n) is 2.00. The number of hydrogen-bond acceptors (Lipinski definition) is 5. The minimum absolute atomic E-state index is 0.437. The molecule has 1 heterocycles. The molecule has 0 bridgehead atoms. The molecule has 0 aliphatic rings. The number of methoxy groups -OCH3 is 1. The normalized spacial score (nSPS) is 10.2. The van der Waals surface area contributed by atoms with Crippen LogP contribution in [0.5, 0.6) is 5.75 Å². The largest absolute Gasteiger partial charge is 0.497 e. The predicted octanol–water partition coefficient (Wildman–Crippen LogP) is 4.63. The van der Waals surface area contributed by atoms with Gasteiger partial charge in [0.25, 0.3) is 0 Å². The minimum atomic E-state index is 0.437. The van der Waals surface area contributed by atoms with Gasteiger partial charge >= 0.3 is 0 Å². The molecular formula is C17H15ClN4O. The van der Waals surface area contributed by atoms with E-state index in [2.05, 4.69) is 20.6 Å². The molecule has 0 aliphatic carbocycles. The van der Waals surface area contributed by atoms with Gasteiger partial charge in [-0.25, -0.2) is 4.98 Å². The van der Waals surface area contributed by atoms with Gasteiger partial charge in [-0.1, -0.05) is 35.9 Å². The van der Waals surface area contributed by atoms with Gasteiger partial charge in [0.15, 0.2) is 5.82 Å². The summed E-state index contributed by atoms with van der Waals surface area (Å²) in [6.45, 7) is 0. The Labute approximate surface area is 139 Å². The standard InChI is InChI=1S/C17H15ClN4O/c1-23-14-9-5-8-13(10-14)20-16-15(18)11-19-17(22-16)21-12-6-3-2-4-7-12/h2-11H,1H3,(H2,19,20,21,22). The number of rotatable bonds is 5. The van der Waals surface area contributed by atoms with E-state index in [-0.39, 0.29) is 0 Å². The summed E-state index contributed by atoms with van der Waals surface area (Å²) < 4.78 is 5.21. The maximum atomic E-state index is 6.18. The van der Waals surface area contributed by atoms with Crippen molar-refractivity contribution in [2.24, 2.45) is 0 Å². The highest BCUT2D eigenvalue weighted by atomic mass is 35.5. The van der Waals surface area contributed by atoms with E-state index in [0.29, 0.717) is 16.8 Å². The Balaban J connectivity index is 1.82. The number of hydrogen-bond donors (Lipinski definition) is 2. The Kier molecular flexibility index (Phi) is 4.59. The van der Waals surface area contributed by atoms with Gasteiger partial charge in [0.05, 0.1) is 13.3 Å². The van der Waals surface area contributed by atoms with Crippen LogP contribution in [0, 0.1) is 0 Å². The molecule has 0 saturated heterocycles. The Bertz CT molecular complexity index is 796. The number of nitrogens with zero attached hydrogens (tertiary/aromatic N) is 2. The van der Waals surface area contributed by atoms with Crippen molar-refractivity contribution >= 4 is 34.7 Å². The third kappa shape index (κ3) is 3.90. The molecule has 2 aromatic carbocycles. The predicted molar refractivity (Wildman–Crippen MR) is 93.0 cm³/mol. The number of nitrogens with one attached hydrogen (secondary N) is 2. The molecule has 0 saturated carbocycles. The SMILES string of the molecule is COc1cccc(Nc2nc(Nc3ccccc3)ncc2Cl)c1. The van der Waals surface area contributed by atoms with Crippen molar-refractivity contribution in [3.8, 4) is 5.75 Å². The number of para-hydroxylation sites is 1. The molecule has 0 aliphatic heterocycles. The first kappa shape index (κ1) is 15.1. The third-order valence-electron chi connectivity index (χ3n) is 3.11. The fraction of sp³-hybridized carbons (Fsp3) is 0.0588. The molecule has 0 radical (unpaired) electrons. The van der Waals surface area contributed by atoms with Gasteiger partial charge in [0.1, 0.15) is 10.8 Å². The van der Waals surface area contributed by atoms with Crippen molar-refractivity contribution in [1.82, 2.24) is 9.97 Å². The van der Waals surface area contributed by atoms with Gasteiger partial charge in [-0.3, -0.25) is 0 Å². The molecule has 1 aromatic heterocycles. The van der Waals surface area contributed by atoms with Crippen molar-refractivity contribution in [1.29, 1.82) is 0 Å². The zero-order valence-corrected chi connectivity index (χ0v) is 13.2. The molecule has 2 N–H and O–H groups in total. The summed E-state index contributed by atoms with van der Waals surface area (Å²) in [5.74, 6) is 1.74. The fourth-order valence-corrected chi connectivity index (χ4v) is 2.14. The van der Waals surface area contributed by atoms with Crippen LogP contribution in [-0.2, 0) is 0 Å². The first-order chi connectivity index (χ1) is 11.2. The number of benzene rings is 2. The van der Waals surface area contributed by atoms with Crippen LogP contribution in [-0.4, -0.2) is 17.1 Å². The van der Waals surface area contributed by atoms with Crippen molar-refractivity contribution in [2.45, 2.75) is 0 Å². The highest BCUT2D eigenvalue weighted by Crippen LogP contribution is 2.26. The topological polar surface area (TPSA) is 59.1 Å². The lowest BCUT2D eigenvalue weighted by Crippen LogP contribution is -2.01. The lowest BCUT2D eigenvalue weighted by Gasteiger charge is -2.11. The van der Waals surface area contributed by atoms with E-state index in [1.54, 1.807) is 13.3 Å². The molecule has 3 rings (SSSR count). The van der Waals surface area contributed by atoms with Crippen molar-refractivity contribution in [2.75, 3.05) is 17.7 Å². The molecule has 23 heavy (non-hydrogen) atoms.